The molecule has 0 saturated heterocycles. The second-order valence-corrected chi connectivity index (χ2v) is 10.2. The third kappa shape index (κ3) is 2.91. The summed E-state index contributed by atoms with van der Waals surface area (Å²) in [6.45, 7) is 0. The molecule has 0 aliphatic heterocycles. The van der Waals surface area contributed by atoms with Crippen LogP contribution in [0, 0.1) is 0 Å². The van der Waals surface area contributed by atoms with E-state index in [0.717, 1.165) is 43.4 Å². The molecule has 0 aliphatic rings. The van der Waals surface area contributed by atoms with E-state index < -0.39 is 0 Å². The smallest absolute Gasteiger partial charge is 0.0622 e. The van der Waals surface area contributed by atoms with Gasteiger partial charge in [-0.05, 0) is 86.9 Å². The van der Waals surface area contributed by atoms with Crippen LogP contribution in [0.3, 0.4) is 0 Å². The number of benzene rings is 9. The second-order valence-electron chi connectivity index (χ2n) is 10.2. The summed E-state index contributed by atoms with van der Waals surface area (Å²) in [7, 11) is 0. The van der Waals surface area contributed by atoms with E-state index in [4.69, 9.17) is 5.48 Å². The number of rotatable bonds is 2. The molecule has 0 N–H and O–H groups in total. The molecular formula is C40H24. The van der Waals surface area contributed by atoms with Crippen molar-refractivity contribution in [1.29, 1.82) is 0 Å². The first-order valence-electron chi connectivity index (χ1n) is 17.3. The zero-order valence-electron chi connectivity index (χ0n) is 29.2. The summed E-state index contributed by atoms with van der Waals surface area (Å²) in [6.07, 6.45) is 0. The van der Waals surface area contributed by atoms with Gasteiger partial charge in [-0.1, -0.05) is 145 Å². The fourth-order valence-corrected chi connectivity index (χ4v) is 6.44. The van der Waals surface area contributed by atoms with Crippen LogP contribution < -0.4 is 0 Å². The van der Waals surface area contributed by atoms with Gasteiger partial charge in [0.25, 0.3) is 0 Å². The Kier molecular flexibility index (Phi) is 3.14. The topological polar surface area (TPSA) is 0 Å². The van der Waals surface area contributed by atoms with Crippen LogP contribution in [-0.2, 0) is 0 Å². The molecule has 9 rings (SSSR count). The van der Waals surface area contributed by atoms with Gasteiger partial charge >= 0.3 is 0 Å². The van der Waals surface area contributed by atoms with E-state index in [-0.39, 0.29) is 69.9 Å². The molecule has 0 fully saturated rings. The Morgan fingerprint density at radius 3 is 1.90 bits per heavy atom. The molecule has 184 valence electrons. The minimum Gasteiger partial charge on any atom is -0.0622 e. The first-order chi connectivity index (χ1) is 23.2. The van der Waals surface area contributed by atoms with E-state index >= 15 is 0 Å². The quantitative estimate of drug-likeness (QED) is 0.160. The Morgan fingerprint density at radius 1 is 0.350 bits per heavy atom. The minimum absolute atomic E-state index is 0.0475. The maximum atomic E-state index is 9.60. The minimum atomic E-state index is -0.275. The molecule has 9 aromatic carbocycles. The highest BCUT2D eigenvalue weighted by atomic mass is 14.2. The van der Waals surface area contributed by atoms with Crippen LogP contribution in [0.4, 0.5) is 0 Å². The van der Waals surface area contributed by atoms with E-state index in [1.807, 2.05) is 66.7 Å². The number of fused-ring (bicyclic) bond motifs is 4. The highest BCUT2D eigenvalue weighted by molar-refractivity contribution is 6.32. The SMILES string of the molecule is [2H]c1cc2c([2H])c([2H])c3c([2H])c([2H])c(-c4c5ccccc5c(-c5ccccc5)c5ccc6ccccc6c45)c4c([2H])c([2H])c(c1[2H])c2c34. The molecule has 0 nitrogen and oxygen atoms in total. The van der Waals surface area contributed by atoms with Gasteiger partial charge in [-0.2, -0.15) is 0 Å². The van der Waals surface area contributed by atoms with Crippen molar-refractivity contribution in [3.8, 4) is 22.3 Å². The fraction of sp³-hybridized carbons (Fsp3) is 0. The standard InChI is InChI=1S/C40H24/c1-2-10-26(11-3-1)37-31-15-6-7-16-32(31)40(39-30-14-5-4-9-25(30)19-24-35(37)39)34-23-21-29-18-17-27-12-8-13-28-20-22-33(34)38(29)36(27)28/h1-24H/i8D,13D,17D,18D,20D,21D,22D,23D. The van der Waals surface area contributed by atoms with E-state index in [2.05, 4.69) is 24.3 Å². The van der Waals surface area contributed by atoms with E-state index in [1.54, 1.807) is 0 Å². The van der Waals surface area contributed by atoms with Crippen LogP contribution in [0.1, 0.15) is 11.0 Å². The highest BCUT2D eigenvalue weighted by Gasteiger charge is 2.20. The van der Waals surface area contributed by atoms with E-state index in [1.165, 1.54) is 6.07 Å². The second kappa shape index (κ2) is 8.15. The predicted octanol–water partition coefficient (Wildman–Crippen LogP) is 11.4. The van der Waals surface area contributed by atoms with Crippen molar-refractivity contribution in [1.82, 2.24) is 0 Å². The molecule has 0 aromatic heterocycles. The summed E-state index contributed by atoms with van der Waals surface area (Å²) in [5, 5.41) is 6.65. The van der Waals surface area contributed by atoms with E-state index in [9.17, 15) is 5.48 Å². The lowest BCUT2D eigenvalue weighted by Crippen LogP contribution is -1.93. The Hall–Kier alpha value is -5.20. The normalized spacial score (nSPS) is 14.8. The monoisotopic (exact) mass is 512 g/mol. The zero-order chi connectivity index (χ0) is 33.2. The summed E-state index contributed by atoms with van der Waals surface area (Å²) in [5.41, 5.74) is 3.01. The van der Waals surface area contributed by atoms with Crippen molar-refractivity contribution in [2.45, 2.75) is 0 Å². The zero-order valence-corrected chi connectivity index (χ0v) is 21.2. The molecule has 0 spiro atoms. The first-order valence-corrected chi connectivity index (χ1v) is 13.3. The average molecular weight is 513 g/mol. The Balaban J connectivity index is 1.64. The summed E-state index contributed by atoms with van der Waals surface area (Å²) < 4.78 is 72.6. The maximum absolute atomic E-state index is 9.60. The molecule has 0 bridgehead atoms. The largest absolute Gasteiger partial charge is 0.0630 e. The Bertz CT molecular complexity index is 2860. The number of hydrogen-bond donors (Lipinski definition) is 0. The summed E-state index contributed by atoms with van der Waals surface area (Å²) >= 11 is 0. The van der Waals surface area contributed by atoms with Crippen molar-refractivity contribution in [2.75, 3.05) is 0 Å². The van der Waals surface area contributed by atoms with Crippen molar-refractivity contribution >= 4 is 64.6 Å². The highest BCUT2D eigenvalue weighted by Crippen LogP contribution is 2.48. The fourth-order valence-electron chi connectivity index (χ4n) is 6.44. The van der Waals surface area contributed by atoms with Gasteiger partial charge in [0.2, 0.25) is 0 Å². The van der Waals surface area contributed by atoms with Gasteiger partial charge < -0.3 is 0 Å². The van der Waals surface area contributed by atoms with Crippen molar-refractivity contribution < 1.29 is 11.0 Å². The Labute approximate surface area is 243 Å². The van der Waals surface area contributed by atoms with Gasteiger partial charge in [-0.3, -0.25) is 0 Å². The Morgan fingerprint density at radius 2 is 1.02 bits per heavy atom. The maximum Gasteiger partial charge on any atom is 0.0630 e. The van der Waals surface area contributed by atoms with Gasteiger partial charge in [-0.25, -0.2) is 0 Å². The van der Waals surface area contributed by atoms with Crippen molar-refractivity contribution in [3.63, 3.8) is 0 Å². The van der Waals surface area contributed by atoms with Crippen LogP contribution >= 0.6 is 0 Å². The van der Waals surface area contributed by atoms with Gasteiger partial charge in [0.1, 0.15) is 0 Å². The molecule has 9 aromatic rings. The van der Waals surface area contributed by atoms with Crippen LogP contribution in [0.15, 0.2) is 145 Å². The molecular weight excluding hydrogens is 480 g/mol. The molecule has 0 amide bonds. The molecule has 0 heterocycles. The van der Waals surface area contributed by atoms with Crippen LogP contribution in [0.25, 0.3) is 86.9 Å². The van der Waals surface area contributed by atoms with Gasteiger partial charge in [-0.15, -0.1) is 0 Å². The van der Waals surface area contributed by atoms with Crippen LogP contribution in [0.5, 0.6) is 0 Å². The predicted molar refractivity (Wildman–Crippen MR) is 174 cm³/mol. The van der Waals surface area contributed by atoms with Gasteiger partial charge in [0.15, 0.2) is 0 Å². The summed E-state index contributed by atoms with van der Waals surface area (Å²) in [5.74, 6) is 0. The third-order valence-corrected chi connectivity index (χ3v) is 8.11. The lowest BCUT2D eigenvalue weighted by molar-refractivity contribution is 1.67. The van der Waals surface area contributed by atoms with Crippen molar-refractivity contribution in [2.24, 2.45) is 0 Å². The first kappa shape index (κ1) is 15.4. The van der Waals surface area contributed by atoms with Crippen LogP contribution in [-0.4, -0.2) is 0 Å². The molecule has 0 aliphatic carbocycles. The van der Waals surface area contributed by atoms with E-state index in [0.29, 0.717) is 21.9 Å². The molecule has 0 saturated carbocycles. The van der Waals surface area contributed by atoms with Gasteiger partial charge in [0.05, 0.1) is 11.0 Å². The average Bonchev–Trinajstić information content (AvgIpc) is 3.10. The number of hydrogen-bond acceptors (Lipinski definition) is 0. The van der Waals surface area contributed by atoms with Gasteiger partial charge in [0, 0.05) is 0 Å². The summed E-state index contributed by atoms with van der Waals surface area (Å²) in [4.78, 5) is 0. The lowest BCUT2D eigenvalue weighted by Gasteiger charge is -2.21. The van der Waals surface area contributed by atoms with Crippen LogP contribution in [0.2, 0.25) is 0 Å². The molecule has 0 unspecified atom stereocenters. The molecule has 0 heteroatoms. The summed E-state index contributed by atoms with van der Waals surface area (Å²) in [6, 6.07) is 29.8. The third-order valence-electron chi connectivity index (χ3n) is 8.11. The van der Waals surface area contributed by atoms with Crippen molar-refractivity contribution in [3.05, 3.63) is 145 Å². The lowest BCUT2D eigenvalue weighted by atomic mass is 9.82. The molecule has 40 heavy (non-hydrogen) atoms. The molecule has 0 radical (unpaired) electrons. The molecule has 0 atom stereocenters.